The summed E-state index contributed by atoms with van der Waals surface area (Å²) in [5, 5.41) is 10.2. The molecule has 1 aliphatic carbocycles. The predicted molar refractivity (Wildman–Crippen MR) is 106 cm³/mol. The second-order valence-electron chi connectivity index (χ2n) is 5.87. The number of hydrogen-bond donors (Lipinski definition) is 3. The molecule has 1 heterocycles. The van der Waals surface area contributed by atoms with Crippen molar-refractivity contribution in [3.63, 3.8) is 0 Å². The lowest BCUT2D eigenvalue weighted by atomic mass is 10.3. The number of nitrogens with zero attached hydrogens (tertiary/aromatic N) is 3. The standard InChI is InChI=1S/C17H19ClN6S/c1-10-9-11(2)20-15(19-10)23-16(21-12-7-8-12)24-17(25)22-14-6-4-3-5-13(14)18/h3-6,9,12H,7-8H2,1-2H3,(H3,19,20,21,22,23,24,25). The Morgan fingerprint density at radius 2 is 1.84 bits per heavy atom. The molecule has 0 spiro atoms. The van der Waals surface area contributed by atoms with Crippen LogP contribution in [0.3, 0.4) is 0 Å². The Labute approximate surface area is 157 Å². The zero-order valence-corrected chi connectivity index (χ0v) is 15.6. The lowest BCUT2D eigenvalue weighted by Crippen LogP contribution is -2.39. The number of nitrogens with one attached hydrogen (secondary N) is 3. The third-order valence-corrected chi connectivity index (χ3v) is 3.96. The van der Waals surface area contributed by atoms with Crippen LogP contribution in [0.15, 0.2) is 35.3 Å². The number of halogens is 1. The summed E-state index contributed by atoms with van der Waals surface area (Å²) in [7, 11) is 0. The number of para-hydroxylation sites is 1. The van der Waals surface area contributed by atoms with Crippen molar-refractivity contribution in [2.24, 2.45) is 4.99 Å². The summed E-state index contributed by atoms with van der Waals surface area (Å²) in [5.41, 5.74) is 2.50. The molecule has 25 heavy (non-hydrogen) atoms. The highest BCUT2D eigenvalue weighted by atomic mass is 35.5. The number of thiocarbonyl (C=S) groups is 1. The highest BCUT2D eigenvalue weighted by Gasteiger charge is 2.22. The Balaban J connectivity index is 1.71. The topological polar surface area (TPSA) is 74.2 Å². The van der Waals surface area contributed by atoms with Gasteiger partial charge in [-0.2, -0.15) is 0 Å². The van der Waals surface area contributed by atoms with Crippen molar-refractivity contribution in [2.75, 3.05) is 10.6 Å². The number of benzene rings is 1. The van der Waals surface area contributed by atoms with Gasteiger partial charge in [-0.3, -0.25) is 5.32 Å². The number of hydrogen-bond acceptors (Lipinski definition) is 4. The molecule has 8 heteroatoms. The highest BCUT2D eigenvalue weighted by Crippen LogP contribution is 2.23. The molecule has 0 bridgehead atoms. The van der Waals surface area contributed by atoms with E-state index in [9.17, 15) is 0 Å². The van der Waals surface area contributed by atoms with Gasteiger partial charge in [-0.05, 0) is 57.1 Å². The Morgan fingerprint density at radius 1 is 1.16 bits per heavy atom. The average Bonchev–Trinajstić information content (AvgIpc) is 3.32. The molecule has 1 aromatic carbocycles. The SMILES string of the molecule is Cc1cc(C)nc(NC(=NC2CC2)NC(=S)Nc2ccccc2Cl)n1. The molecule has 1 aromatic heterocycles. The fourth-order valence-electron chi connectivity index (χ4n) is 2.19. The third kappa shape index (κ3) is 5.37. The number of aromatic nitrogens is 2. The maximum Gasteiger partial charge on any atom is 0.229 e. The lowest BCUT2D eigenvalue weighted by Gasteiger charge is -2.14. The van der Waals surface area contributed by atoms with Crippen LogP contribution in [0.2, 0.25) is 5.02 Å². The molecule has 3 rings (SSSR count). The van der Waals surface area contributed by atoms with Crippen LogP contribution >= 0.6 is 23.8 Å². The average molecular weight is 375 g/mol. The van der Waals surface area contributed by atoms with Crippen molar-refractivity contribution in [1.29, 1.82) is 0 Å². The van der Waals surface area contributed by atoms with Gasteiger partial charge in [-0.1, -0.05) is 23.7 Å². The fraction of sp³-hybridized carbons (Fsp3) is 0.294. The summed E-state index contributed by atoms with van der Waals surface area (Å²) >= 11 is 11.5. The normalized spacial score (nSPS) is 14.1. The minimum Gasteiger partial charge on any atom is -0.331 e. The molecule has 2 aromatic rings. The van der Waals surface area contributed by atoms with Gasteiger partial charge >= 0.3 is 0 Å². The number of aryl methyl sites for hydroxylation is 2. The largest absolute Gasteiger partial charge is 0.331 e. The van der Waals surface area contributed by atoms with E-state index >= 15 is 0 Å². The lowest BCUT2D eigenvalue weighted by molar-refractivity contribution is 1.02. The maximum absolute atomic E-state index is 6.15. The second-order valence-corrected chi connectivity index (χ2v) is 6.68. The fourth-order valence-corrected chi connectivity index (χ4v) is 2.58. The van der Waals surface area contributed by atoms with Gasteiger partial charge in [0, 0.05) is 11.4 Å². The van der Waals surface area contributed by atoms with Gasteiger partial charge in [0.05, 0.1) is 16.8 Å². The van der Waals surface area contributed by atoms with E-state index in [1.807, 2.05) is 38.1 Å². The van der Waals surface area contributed by atoms with Crippen molar-refractivity contribution in [3.05, 3.63) is 46.7 Å². The van der Waals surface area contributed by atoms with E-state index in [4.69, 9.17) is 23.8 Å². The monoisotopic (exact) mass is 374 g/mol. The Hall–Kier alpha value is -2.25. The number of rotatable bonds is 3. The summed E-state index contributed by atoms with van der Waals surface area (Å²) in [6.07, 6.45) is 2.15. The van der Waals surface area contributed by atoms with Crippen LogP contribution in [-0.4, -0.2) is 27.1 Å². The zero-order chi connectivity index (χ0) is 17.8. The first-order chi connectivity index (χ1) is 12.0. The molecule has 0 aliphatic heterocycles. The van der Waals surface area contributed by atoms with Gasteiger partial charge < -0.3 is 10.6 Å². The van der Waals surface area contributed by atoms with Gasteiger partial charge in [-0.15, -0.1) is 0 Å². The van der Waals surface area contributed by atoms with Crippen molar-refractivity contribution in [1.82, 2.24) is 15.3 Å². The van der Waals surface area contributed by atoms with Crippen molar-refractivity contribution in [2.45, 2.75) is 32.7 Å². The summed E-state index contributed by atoms with van der Waals surface area (Å²) in [6.45, 7) is 3.85. The van der Waals surface area contributed by atoms with Crippen molar-refractivity contribution in [3.8, 4) is 0 Å². The second kappa shape index (κ2) is 7.76. The maximum atomic E-state index is 6.15. The molecule has 0 amide bonds. The molecule has 0 saturated heterocycles. The molecule has 6 nitrogen and oxygen atoms in total. The van der Waals surface area contributed by atoms with E-state index in [-0.39, 0.29) is 0 Å². The van der Waals surface area contributed by atoms with Crippen LogP contribution in [0, 0.1) is 13.8 Å². The molecule has 0 atom stereocenters. The van der Waals surface area contributed by atoms with E-state index in [1.54, 1.807) is 6.07 Å². The first-order valence-corrected chi connectivity index (χ1v) is 8.78. The summed E-state index contributed by atoms with van der Waals surface area (Å²) in [4.78, 5) is 13.4. The Kier molecular flexibility index (Phi) is 5.45. The number of guanidine groups is 1. The molecular weight excluding hydrogens is 356 g/mol. The Morgan fingerprint density at radius 3 is 2.48 bits per heavy atom. The van der Waals surface area contributed by atoms with Crippen molar-refractivity contribution >= 4 is 46.5 Å². The quantitative estimate of drug-likeness (QED) is 0.432. The van der Waals surface area contributed by atoms with Gasteiger partial charge in [-0.25, -0.2) is 15.0 Å². The smallest absolute Gasteiger partial charge is 0.229 e. The van der Waals surface area contributed by atoms with Gasteiger partial charge in [0.25, 0.3) is 0 Å². The predicted octanol–water partition coefficient (Wildman–Crippen LogP) is 3.66. The zero-order valence-electron chi connectivity index (χ0n) is 14.0. The molecule has 3 N–H and O–H groups in total. The molecule has 130 valence electrons. The van der Waals surface area contributed by atoms with Gasteiger partial charge in [0.15, 0.2) is 5.11 Å². The molecule has 1 fully saturated rings. The van der Waals surface area contributed by atoms with Gasteiger partial charge in [0.1, 0.15) is 0 Å². The number of anilines is 2. The van der Waals surface area contributed by atoms with Gasteiger partial charge in [0.2, 0.25) is 11.9 Å². The third-order valence-electron chi connectivity index (χ3n) is 3.43. The molecule has 1 saturated carbocycles. The molecule has 0 unspecified atom stereocenters. The molecular formula is C17H19ClN6S. The van der Waals surface area contributed by atoms with Crippen LogP contribution in [0.25, 0.3) is 0 Å². The van der Waals surface area contributed by atoms with Crippen LogP contribution < -0.4 is 16.0 Å². The minimum atomic E-state index is 0.309. The first-order valence-electron chi connectivity index (χ1n) is 7.99. The van der Waals surface area contributed by atoms with E-state index in [1.165, 1.54) is 0 Å². The van der Waals surface area contributed by atoms with E-state index in [2.05, 4.69) is 30.9 Å². The van der Waals surface area contributed by atoms with Crippen LogP contribution in [0.5, 0.6) is 0 Å². The van der Waals surface area contributed by atoms with E-state index in [0.29, 0.717) is 28.1 Å². The summed E-state index contributed by atoms with van der Waals surface area (Å²) in [6, 6.07) is 9.63. The van der Waals surface area contributed by atoms with E-state index in [0.717, 1.165) is 29.9 Å². The minimum absolute atomic E-state index is 0.309. The number of aliphatic imine (C=N–C) groups is 1. The van der Waals surface area contributed by atoms with Crippen LogP contribution in [-0.2, 0) is 0 Å². The van der Waals surface area contributed by atoms with Crippen LogP contribution in [0.1, 0.15) is 24.2 Å². The van der Waals surface area contributed by atoms with Crippen molar-refractivity contribution < 1.29 is 0 Å². The van der Waals surface area contributed by atoms with E-state index < -0.39 is 0 Å². The highest BCUT2D eigenvalue weighted by molar-refractivity contribution is 7.80. The summed E-state index contributed by atoms with van der Waals surface area (Å²) in [5.74, 6) is 1.02. The molecule has 1 aliphatic rings. The Bertz CT molecular complexity index is 798. The molecule has 0 radical (unpaired) electrons. The first kappa shape index (κ1) is 17.6. The van der Waals surface area contributed by atoms with Crippen LogP contribution in [0.4, 0.5) is 11.6 Å². The summed E-state index contributed by atoms with van der Waals surface area (Å²) < 4.78 is 0.